The molecule has 2 aromatic rings. The summed E-state index contributed by atoms with van der Waals surface area (Å²) in [4.78, 5) is 19.3. The van der Waals surface area contributed by atoms with Crippen LogP contribution < -0.4 is 10.1 Å². The number of likely N-dealkylation sites (tertiary alicyclic amines) is 1. The number of piperidine rings is 1. The van der Waals surface area contributed by atoms with Gasteiger partial charge in [0.2, 0.25) is 0 Å². The van der Waals surface area contributed by atoms with Crippen LogP contribution in [0.15, 0.2) is 29.6 Å². The third-order valence-corrected chi connectivity index (χ3v) is 5.60. The van der Waals surface area contributed by atoms with Crippen molar-refractivity contribution in [2.24, 2.45) is 5.92 Å². The summed E-state index contributed by atoms with van der Waals surface area (Å²) >= 11 is 7.30. The van der Waals surface area contributed by atoms with Crippen molar-refractivity contribution >= 4 is 34.0 Å². The minimum absolute atomic E-state index is 0.215. The molecule has 1 aliphatic heterocycles. The molecule has 0 aliphatic carbocycles. The van der Waals surface area contributed by atoms with Crippen molar-refractivity contribution in [3.8, 4) is 5.75 Å². The third-order valence-electron chi connectivity index (χ3n) is 4.54. The number of carbonyl (C=O) groups is 1. The van der Waals surface area contributed by atoms with Crippen LogP contribution in [-0.4, -0.2) is 35.0 Å². The van der Waals surface area contributed by atoms with Gasteiger partial charge in [0.05, 0.1) is 5.69 Å². The summed E-state index contributed by atoms with van der Waals surface area (Å²) in [6.07, 6.45) is 1.87. The average Bonchev–Trinajstić information content (AvgIpc) is 3.06. The van der Waals surface area contributed by atoms with Gasteiger partial charge in [-0.05, 0) is 63.0 Å². The SMILES string of the molecule is CC1CCN(Cc2csc(NC(=O)C(C)Oc3ccc(Cl)cc3)n2)CC1. The monoisotopic (exact) mass is 393 g/mol. The first kappa shape index (κ1) is 19.1. The van der Waals surface area contributed by atoms with E-state index in [-0.39, 0.29) is 5.91 Å². The fourth-order valence-corrected chi connectivity index (χ4v) is 3.69. The highest BCUT2D eigenvalue weighted by atomic mass is 35.5. The number of ether oxygens (including phenoxy) is 1. The molecule has 26 heavy (non-hydrogen) atoms. The van der Waals surface area contributed by atoms with Gasteiger partial charge >= 0.3 is 0 Å². The summed E-state index contributed by atoms with van der Waals surface area (Å²) in [5.74, 6) is 1.21. The lowest BCUT2D eigenvalue weighted by Crippen LogP contribution is -2.32. The van der Waals surface area contributed by atoms with Crippen LogP contribution >= 0.6 is 22.9 Å². The molecule has 140 valence electrons. The molecule has 1 fully saturated rings. The number of rotatable bonds is 6. The molecule has 5 nitrogen and oxygen atoms in total. The molecule has 1 aromatic carbocycles. The molecular formula is C19H24ClN3O2S. The number of thiazole rings is 1. The summed E-state index contributed by atoms with van der Waals surface area (Å²) in [5, 5.41) is 6.09. The summed E-state index contributed by atoms with van der Waals surface area (Å²) in [6, 6.07) is 6.95. The first-order valence-electron chi connectivity index (χ1n) is 8.89. The standard InChI is InChI=1S/C19H24ClN3O2S/c1-13-7-9-23(10-8-13)11-16-12-26-19(21-16)22-18(24)14(2)25-17-5-3-15(20)4-6-17/h3-6,12-14H,7-11H2,1-2H3,(H,21,22,24). The predicted octanol–water partition coefficient (Wildman–Crippen LogP) is 4.43. The van der Waals surface area contributed by atoms with Crippen LogP contribution in [-0.2, 0) is 11.3 Å². The van der Waals surface area contributed by atoms with Crippen molar-refractivity contribution in [1.29, 1.82) is 0 Å². The highest BCUT2D eigenvalue weighted by Gasteiger charge is 2.19. The normalized spacial score (nSPS) is 17.0. The number of anilines is 1. The van der Waals surface area contributed by atoms with Crippen molar-refractivity contribution in [3.05, 3.63) is 40.4 Å². The molecule has 1 atom stereocenters. The molecule has 1 N–H and O–H groups in total. The van der Waals surface area contributed by atoms with Gasteiger partial charge in [0.15, 0.2) is 11.2 Å². The van der Waals surface area contributed by atoms with Gasteiger partial charge < -0.3 is 4.74 Å². The topological polar surface area (TPSA) is 54.5 Å². The second-order valence-electron chi connectivity index (χ2n) is 6.81. The smallest absolute Gasteiger partial charge is 0.266 e. The van der Waals surface area contributed by atoms with E-state index in [1.807, 2.05) is 5.38 Å². The zero-order valence-electron chi connectivity index (χ0n) is 15.1. The molecule has 0 radical (unpaired) electrons. The number of nitrogens with one attached hydrogen (secondary N) is 1. The van der Waals surface area contributed by atoms with Crippen molar-refractivity contribution < 1.29 is 9.53 Å². The molecule has 1 aliphatic rings. The molecule has 7 heteroatoms. The Bertz CT molecular complexity index is 727. The number of amides is 1. The highest BCUT2D eigenvalue weighted by molar-refractivity contribution is 7.13. The highest BCUT2D eigenvalue weighted by Crippen LogP contribution is 2.22. The van der Waals surface area contributed by atoms with Crippen LogP contribution in [0.2, 0.25) is 5.02 Å². The van der Waals surface area contributed by atoms with Gasteiger partial charge in [0, 0.05) is 16.9 Å². The van der Waals surface area contributed by atoms with Crippen LogP contribution in [0.1, 0.15) is 32.4 Å². The zero-order valence-corrected chi connectivity index (χ0v) is 16.6. The average molecular weight is 394 g/mol. The van der Waals surface area contributed by atoms with Crippen LogP contribution in [0.3, 0.4) is 0 Å². The van der Waals surface area contributed by atoms with Gasteiger partial charge in [-0.15, -0.1) is 11.3 Å². The number of benzene rings is 1. The van der Waals surface area contributed by atoms with Gasteiger partial charge in [0.1, 0.15) is 5.75 Å². The van der Waals surface area contributed by atoms with Crippen molar-refractivity contribution in [2.45, 2.75) is 39.3 Å². The summed E-state index contributed by atoms with van der Waals surface area (Å²) < 4.78 is 5.64. The maximum Gasteiger partial charge on any atom is 0.266 e. The number of aromatic nitrogens is 1. The molecule has 0 spiro atoms. The summed E-state index contributed by atoms with van der Waals surface area (Å²) in [6.45, 7) is 7.10. The van der Waals surface area contributed by atoms with Crippen molar-refractivity contribution in [3.63, 3.8) is 0 Å². The molecular weight excluding hydrogens is 370 g/mol. The Kier molecular flexibility index (Phi) is 6.51. The zero-order chi connectivity index (χ0) is 18.5. The van der Waals surface area contributed by atoms with Crippen LogP contribution in [0.25, 0.3) is 0 Å². The van der Waals surface area contributed by atoms with E-state index in [1.165, 1.54) is 24.2 Å². The van der Waals surface area contributed by atoms with E-state index in [0.717, 1.165) is 31.2 Å². The Balaban J connectivity index is 1.49. The van der Waals surface area contributed by atoms with Crippen LogP contribution in [0, 0.1) is 5.92 Å². The second-order valence-corrected chi connectivity index (χ2v) is 8.10. The first-order valence-corrected chi connectivity index (χ1v) is 10.1. The number of carbonyl (C=O) groups excluding carboxylic acids is 1. The van der Waals surface area contributed by atoms with E-state index >= 15 is 0 Å². The Labute approximate surface area is 163 Å². The van der Waals surface area contributed by atoms with E-state index in [2.05, 4.69) is 22.1 Å². The molecule has 1 unspecified atom stereocenters. The third kappa shape index (κ3) is 5.43. The fraction of sp³-hybridized carbons (Fsp3) is 0.474. The van der Waals surface area contributed by atoms with E-state index in [0.29, 0.717) is 15.9 Å². The molecule has 0 bridgehead atoms. The number of hydrogen-bond acceptors (Lipinski definition) is 5. The number of hydrogen-bond donors (Lipinski definition) is 1. The summed E-state index contributed by atoms with van der Waals surface area (Å²) in [5.41, 5.74) is 1.01. The van der Waals surface area contributed by atoms with Gasteiger partial charge in [-0.2, -0.15) is 0 Å². The molecule has 1 amide bonds. The molecule has 1 saturated heterocycles. The molecule has 3 rings (SSSR count). The van der Waals surface area contributed by atoms with Crippen molar-refractivity contribution in [2.75, 3.05) is 18.4 Å². The van der Waals surface area contributed by atoms with Gasteiger partial charge in [0.25, 0.3) is 5.91 Å². The Morgan fingerprint density at radius 3 is 2.77 bits per heavy atom. The van der Waals surface area contributed by atoms with Gasteiger partial charge in [-0.25, -0.2) is 4.98 Å². The van der Waals surface area contributed by atoms with Crippen LogP contribution in [0.5, 0.6) is 5.75 Å². The Morgan fingerprint density at radius 2 is 2.08 bits per heavy atom. The van der Waals surface area contributed by atoms with Gasteiger partial charge in [-0.1, -0.05) is 18.5 Å². The van der Waals surface area contributed by atoms with Gasteiger partial charge in [-0.3, -0.25) is 15.0 Å². The minimum atomic E-state index is -0.618. The maximum atomic E-state index is 12.3. The molecule has 1 aromatic heterocycles. The summed E-state index contributed by atoms with van der Waals surface area (Å²) in [7, 11) is 0. The van der Waals surface area contributed by atoms with E-state index in [4.69, 9.17) is 16.3 Å². The maximum absolute atomic E-state index is 12.3. The lowest BCUT2D eigenvalue weighted by molar-refractivity contribution is -0.122. The molecule has 0 saturated carbocycles. The fourth-order valence-electron chi connectivity index (χ4n) is 2.86. The number of halogens is 1. The first-order chi connectivity index (χ1) is 12.5. The lowest BCUT2D eigenvalue weighted by atomic mass is 9.99. The largest absolute Gasteiger partial charge is 0.481 e. The van der Waals surface area contributed by atoms with Crippen molar-refractivity contribution in [1.82, 2.24) is 9.88 Å². The quantitative estimate of drug-likeness (QED) is 0.788. The van der Waals surface area contributed by atoms with E-state index in [9.17, 15) is 4.79 Å². The van der Waals surface area contributed by atoms with E-state index < -0.39 is 6.10 Å². The Morgan fingerprint density at radius 1 is 1.38 bits per heavy atom. The Hall–Kier alpha value is -1.63. The lowest BCUT2D eigenvalue weighted by Gasteiger charge is -2.29. The predicted molar refractivity (Wildman–Crippen MR) is 106 cm³/mol. The molecule has 2 heterocycles. The van der Waals surface area contributed by atoms with Crippen LogP contribution in [0.4, 0.5) is 5.13 Å². The minimum Gasteiger partial charge on any atom is -0.481 e. The van der Waals surface area contributed by atoms with E-state index in [1.54, 1.807) is 31.2 Å². The second kappa shape index (κ2) is 8.84. The number of nitrogens with zero attached hydrogens (tertiary/aromatic N) is 2.